The Bertz CT molecular complexity index is 123. The molecule has 38 valence electrons. The minimum Gasteiger partial charge on any atom is -0.332 e. The van der Waals surface area contributed by atoms with Crippen LogP contribution >= 0.6 is 0 Å². The Morgan fingerprint density at radius 2 is 2.57 bits per heavy atom. The van der Waals surface area contributed by atoms with Gasteiger partial charge in [-0.25, -0.2) is 4.79 Å². The summed E-state index contributed by atoms with van der Waals surface area (Å²) in [4.78, 5) is 12.5. The van der Waals surface area contributed by atoms with Crippen LogP contribution in [0.5, 0.6) is 0 Å². The lowest BCUT2D eigenvalue weighted by Gasteiger charge is -1.85. The molecule has 4 heteroatoms. The molecule has 0 radical (unpaired) electrons. The zero-order chi connectivity index (χ0) is 5.33. The molecule has 0 amide bonds. The second-order valence-corrected chi connectivity index (χ2v) is 1.34. The molecule has 1 unspecified atom stereocenters. The standard InChI is InChI=1S/C3H4N2O2/c4-3(1-7-3)5-2-6/h1,4H2. The van der Waals surface area contributed by atoms with Gasteiger partial charge in [0.15, 0.2) is 0 Å². The SMILES string of the molecule is NC1(N=C=O)CO1. The highest BCUT2D eigenvalue weighted by Crippen LogP contribution is 2.19. The van der Waals surface area contributed by atoms with Crippen LogP contribution in [0.25, 0.3) is 0 Å². The van der Waals surface area contributed by atoms with Gasteiger partial charge in [0.1, 0.15) is 6.61 Å². The van der Waals surface area contributed by atoms with Crippen molar-refractivity contribution in [3.63, 3.8) is 0 Å². The maximum atomic E-state index is 9.41. The van der Waals surface area contributed by atoms with Crippen molar-refractivity contribution in [3.05, 3.63) is 0 Å². The van der Waals surface area contributed by atoms with Crippen molar-refractivity contribution >= 4 is 6.08 Å². The molecular weight excluding hydrogens is 96.0 g/mol. The Morgan fingerprint density at radius 3 is 2.71 bits per heavy atom. The number of epoxide rings is 1. The number of aliphatic imine (C=N–C) groups is 1. The van der Waals surface area contributed by atoms with Crippen LogP contribution in [0.15, 0.2) is 4.99 Å². The first kappa shape index (κ1) is 4.46. The van der Waals surface area contributed by atoms with Crippen molar-refractivity contribution < 1.29 is 9.53 Å². The van der Waals surface area contributed by atoms with E-state index in [-0.39, 0.29) is 0 Å². The first-order chi connectivity index (χ1) is 3.27. The zero-order valence-corrected chi connectivity index (χ0v) is 3.55. The fraction of sp³-hybridized carbons (Fsp3) is 0.667. The average molecular weight is 100 g/mol. The van der Waals surface area contributed by atoms with Gasteiger partial charge < -0.3 is 4.74 Å². The Morgan fingerprint density at radius 1 is 2.00 bits per heavy atom. The molecule has 1 aliphatic rings. The van der Waals surface area contributed by atoms with Crippen LogP contribution in [-0.4, -0.2) is 18.5 Å². The monoisotopic (exact) mass is 100 g/mol. The predicted molar refractivity (Wildman–Crippen MR) is 21.0 cm³/mol. The smallest absolute Gasteiger partial charge is 0.249 e. The lowest BCUT2D eigenvalue weighted by molar-refractivity contribution is 0.320. The molecule has 1 fully saturated rings. The molecule has 7 heavy (non-hydrogen) atoms. The van der Waals surface area contributed by atoms with Gasteiger partial charge in [-0.15, -0.1) is 0 Å². The number of hydrogen-bond acceptors (Lipinski definition) is 4. The van der Waals surface area contributed by atoms with Crippen LogP contribution in [-0.2, 0) is 9.53 Å². The number of nitrogens with zero attached hydrogens (tertiary/aromatic N) is 1. The topological polar surface area (TPSA) is 68.0 Å². The summed E-state index contributed by atoms with van der Waals surface area (Å²) in [5.74, 6) is -0.998. The molecule has 2 N–H and O–H groups in total. The van der Waals surface area contributed by atoms with Crippen molar-refractivity contribution in [1.29, 1.82) is 0 Å². The molecule has 4 nitrogen and oxygen atoms in total. The molecule has 1 saturated heterocycles. The Balaban J connectivity index is 2.55. The van der Waals surface area contributed by atoms with Crippen LogP contribution in [0.1, 0.15) is 0 Å². The molecule has 0 spiro atoms. The van der Waals surface area contributed by atoms with Gasteiger partial charge in [-0.2, -0.15) is 4.99 Å². The van der Waals surface area contributed by atoms with Crippen molar-refractivity contribution in [3.8, 4) is 0 Å². The zero-order valence-electron chi connectivity index (χ0n) is 3.55. The van der Waals surface area contributed by atoms with Crippen molar-refractivity contribution in [2.45, 2.75) is 5.85 Å². The quantitative estimate of drug-likeness (QED) is 0.260. The summed E-state index contributed by atoms with van der Waals surface area (Å²) >= 11 is 0. The van der Waals surface area contributed by atoms with Gasteiger partial charge in [-0.05, 0) is 0 Å². The van der Waals surface area contributed by atoms with Crippen LogP contribution < -0.4 is 5.73 Å². The average Bonchev–Trinajstić information content (AvgIpc) is 2.22. The maximum Gasteiger partial charge on any atom is 0.249 e. The molecule has 0 aromatic carbocycles. The summed E-state index contributed by atoms with van der Waals surface area (Å²) in [5, 5.41) is 0. The van der Waals surface area contributed by atoms with E-state index in [1.54, 1.807) is 0 Å². The number of isocyanates is 1. The van der Waals surface area contributed by atoms with Crippen LogP contribution in [0.4, 0.5) is 0 Å². The Kier molecular flexibility index (Phi) is 0.722. The highest BCUT2D eigenvalue weighted by molar-refractivity contribution is 5.34. The van der Waals surface area contributed by atoms with E-state index in [9.17, 15) is 4.79 Å². The van der Waals surface area contributed by atoms with E-state index >= 15 is 0 Å². The Hall–Kier alpha value is -0.700. The van der Waals surface area contributed by atoms with Gasteiger partial charge >= 0.3 is 0 Å². The summed E-state index contributed by atoms with van der Waals surface area (Å²) in [7, 11) is 0. The first-order valence-electron chi connectivity index (χ1n) is 1.79. The van der Waals surface area contributed by atoms with Gasteiger partial charge in [-0.3, -0.25) is 5.73 Å². The molecule has 0 bridgehead atoms. The first-order valence-corrected chi connectivity index (χ1v) is 1.79. The molecule has 0 aromatic heterocycles. The van der Waals surface area contributed by atoms with Crippen LogP contribution in [0, 0.1) is 0 Å². The molecule has 1 heterocycles. The van der Waals surface area contributed by atoms with Gasteiger partial charge in [0, 0.05) is 0 Å². The maximum absolute atomic E-state index is 9.41. The summed E-state index contributed by atoms with van der Waals surface area (Å²) in [6.07, 6.45) is 1.30. The fourth-order valence-electron chi connectivity index (χ4n) is 0.216. The van der Waals surface area contributed by atoms with Crippen molar-refractivity contribution in [2.75, 3.05) is 6.61 Å². The van der Waals surface area contributed by atoms with E-state index in [4.69, 9.17) is 5.73 Å². The molecule has 0 aromatic rings. The van der Waals surface area contributed by atoms with E-state index in [0.29, 0.717) is 6.61 Å². The Labute approximate surface area is 40.0 Å². The lowest BCUT2D eigenvalue weighted by Crippen LogP contribution is -2.19. The minimum atomic E-state index is -0.998. The second-order valence-electron chi connectivity index (χ2n) is 1.34. The van der Waals surface area contributed by atoms with E-state index in [2.05, 4.69) is 9.73 Å². The van der Waals surface area contributed by atoms with Gasteiger partial charge in [0.05, 0.1) is 0 Å². The number of nitrogens with two attached hydrogens (primary N) is 1. The minimum absolute atomic E-state index is 0.336. The number of carbonyl (C=O) groups excluding carboxylic acids is 1. The predicted octanol–water partition coefficient (Wildman–Crippen LogP) is -1.04. The van der Waals surface area contributed by atoms with Gasteiger partial charge in [0.25, 0.3) is 0 Å². The molecule has 1 rings (SSSR count). The summed E-state index contributed by atoms with van der Waals surface area (Å²) in [6.45, 7) is 0.336. The lowest BCUT2D eigenvalue weighted by atomic mass is 10.6. The normalized spacial score (nSPS) is 36.7. The van der Waals surface area contributed by atoms with Crippen LogP contribution in [0.3, 0.4) is 0 Å². The van der Waals surface area contributed by atoms with Crippen molar-refractivity contribution in [1.82, 2.24) is 0 Å². The highest BCUT2D eigenvalue weighted by atomic mass is 16.6. The van der Waals surface area contributed by atoms with E-state index in [0.717, 1.165) is 0 Å². The second kappa shape index (κ2) is 1.13. The van der Waals surface area contributed by atoms with Gasteiger partial charge in [-0.1, -0.05) is 0 Å². The summed E-state index contributed by atoms with van der Waals surface area (Å²) in [5.41, 5.74) is 5.11. The molecule has 0 saturated carbocycles. The van der Waals surface area contributed by atoms with Crippen molar-refractivity contribution in [2.24, 2.45) is 10.7 Å². The third-order valence-electron chi connectivity index (χ3n) is 0.675. The summed E-state index contributed by atoms with van der Waals surface area (Å²) < 4.78 is 4.49. The van der Waals surface area contributed by atoms with Gasteiger partial charge in [0.2, 0.25) is 11.9 Å². The third kappa shape index (κ3) is 0.838. The number of rotatable bonds is 1. The molecular formula is C3H4N2O2. The fourth-order valence-corrected chi connectivity index (χ4v) is 0.216. The number of hydrogen-bond donors (Lipinski definition) is 1. The van der Waals surface area contributed by atoms with E-state index < -0.39 is 5.85 Å². The van der Waals surface area contributed by atoms with E-state index in [1.807, 2.05) is 0 Å². The number of ether oxygens (including phenoxy) is 1. The van der Waals surface area contributed by atoms with E-state index in [1.165, 1.54) is 6.08 Å². The molecule has 0 aliphatic carbocycles. The van der Waals surface area contributed by atoms with Crippen LogP contribution in [0.2, 0.25) is 0 Å². The highest BCUT2D eigenvalue weighted by Gasteiger charge is 2.40. The summed E-state index contributed by atoms with van der Waals surface area (Å²) in [6, 6.07) is 0. The third-order valence-corrected chi connectivity index (χ3v) is 0.675. The molecule has 1 aliphatic heterocycles. The molecule has 1 atom stereocenters. The largest absolute Gasteiger partial charge is 0.332 e.